The Morgan fingerprint density at radius 3 is 2.15 bits per heavy atom. The van der Waals surface area contributed by atoms with Crippen molar-refractivity contribution in [2.45, 2.75) is 17.4 Å². The van der Waals surface area contributed by atoms with Crippen LogP contribution in [0.3, 0.4) is 0 Å². The molecule has 10 heteroatoms. The van der Waals surface area contributed by atoms with E-state index in [4.69, 9.17) is 51.1 Å². The molecule has 1 unspecified atom stereocenters. The predicted molar refractivity (Wildman–Crippen MR) is 100 cm³/mol. The Bertz CT molecular complexity index is 820. The molecule has 2 aromatic carbocycles. The van der Waals surface area contributed by atoms with E-state index < -0.39 is 21.8 Å². The van der Waals surface area contributed by atoms with Gasteiger partial charge >= 0.3 is 6.18 Å². The molecule has 0 fully saturated rings. The molecule has 0 heterocycles. The molecule has 26 heavy (non-hydrogen) atoms. The van der Waals surface area contributed by atoms with Crippen LogP contribution in [0.5, 0.6) is 11.5 Å². The number of carbonyl (C=O) groups excluding carboxylic acids is 1. The first-order valence-electron chi connectivity index (χ1n) is 6.85. The highest BCUT2D eigenvalue weighted by molar-refractivity contribution is 9.10. The Labute approximate surface area is 175 Å². The largest absolute Gasteiger partial charge is 0.454 e. The minimum absolute atomic E-state index is 0.126. The number of halogens is 8. The van der Waals surface area contributed by atoms with Gasteiger partial charge in [-0.1, -0.05) is 50.7 Å². The Kier molecular flexibility index (Phi) is 7.13. The maximum absolute atomic E-state index is 12.8. The summed E-state index contributed by atoms with van der Waals surface area (Å²) in [4.78, 5) is 10.5. The van der Waals surface area contributed by atoms with E-state index in [1.807, 2.05) is 0 Å². The zero-order valence-electron chi connectivity index (χ0n) is 12.5. The molecule has 0 amide bonds. The summed E-state index contributed by atoms with van der Waals surface area (Å²) in [7, 11) is 0. The van der Waals surface area contributed by atoms with Crippen LogP contribution < -0.4 is 4.74 Å². The lowest BCUT2D eigenvalue weighted by Gasteiger charge is -2.14. The molecule has 0 aliphatic carbocycles. The molecule has 0 saturated heterocycles. The second-order valence-electron chi connectivity index (χ2n) is 5.10. The van der Waals surface area contributed by atoms with Gasteiger partial charge in [-0.25, -0.2) is 0 Å². The van der Waals surface area contributed by atoms with Crippen LogP contribution in [0.2, 0.25) is 15.1 Å². The summed E-state index contributed by atoms with van der Waals surface area (Å²) in [6.07, 6.45) is -4.40. The third-order valence-corrected chi connectivity index (χ3v) is 5.40. The van der Waals surface area contributed by atoms with Crippen LogP contribution in [0.15, 0.2) is 30.3 Å². The van der Waals surface area contributed by atoms with E-state index >= 15 is 0 Å². The summed E-state index contributed by atoms with van der Waals surface area (Å²) in [5.41, 5.74) is -0.446. The highest BCUT2D eigenvalue weighted by Crippen LogP contribution is 2.42. The normalized spacial score (nSPS) is 12.8. The molecule has 0 aromatic heterocycles. The summed E-state index contributed by atoms with van der Waals surface area (Å²) >= 11 is 26.4. The Morgan fingerprint density at radius 2 is 1.65 bits per heavy atom. The number of carbonyl (C=O) groups is 1. The van der Waals surface area contributed by atoms with E-state index in [0.29, 0.717) is 10.6 Å². The van der Waals surface area contributed by atoms with E-state index in [1.165, 1.54) is 18.2 Å². The maximum atomic E-state index is 12.8. The van der Waals surface area contributed by atoms with Crippen molar-refractivity contribution >= 4 is 67.6 Å². The van der Waals surface area contributed by atoms with E-state index in [-0.39, 0.29) is 28.0 Å². The second-order valence-corrected chi connectivity index (χ2v) is 7.80. The van der Waals surface area contributed by atoms with Gasteiger partial charge in [-0.05, 0) is 53.9 Å². The average Bonchev–Trinajstić information content (AvgIpc) is 2.52. The first kappa shape index (κ1) is 21.6. The number of hydrogen-bond acceptors (Lipinski definition) is 2. The molecular formula is C16H8BrCl4F3O2. The molecule has 2 nitrogen and oxygen atoms in total. The molecule has 0 N–H and O–H groups in total. The molecule has 0 spiro atoms. The summed E-state index contributed by atoms with van der Waals surface area (Å²) in [5, 5.41) is -0.822. The molecule has 2 rings (SSSR count). The molecule has 2 aromatic rings. The van der Waals surface area contributed by atoms with Gasteiger partial charge in [0.2, 0.25) is 5.24 Å². The lowest BCUT2D eigenvalue weighted by molar-refractivity contribution is -0.137. The van der Waals surface area contributed by atoms with Gasteiger partial charge in [0.25, 0.3) is 0 Å². The molecule has 140 valence electrons. The maximum Gasteiger partial charge on any atom is 0.416 e. The lowest BCUT2D eigenvalue weighted by Crippen LogP contribution is -2.10. The van der Waals surface area contributed by atoms with Crippen LogP contribution in [0.4, 0.5) is 13.2 Å². The standard InChI is InChI=1S/C16H8BrCl4F3O2/c17-10(15(21)25)4-7-3-9(1-2-11(7)18)26-14-12(19)5-8(6-13(14)20)16(22,23)24/h1-3,5-6,10H,4H2. The fraction of sp³-hybridized carbons (Fsp3) is 0.188. The second kappa shape index (κ2) is 8.57. The zero-order chi connectivity index (χ0) is 19.6. The fourth-order valence-electron chi connectivity index (χ4n) is 1.98. The molecule has 0 aliphatic rings. The van der Waals surface area contributed by atoms with Crippen LogP contribution in [0.25, 0.3) is 0 Å². The molecule has 0 aliphatic heterocycles. The van der Waals surface area contributed by atoms with Crippen LogP contribution in [-0.4, -0.2) is 10.1 Å². The van der Waals surface area contributed by atoms with Crippen molar-refractivity contribution in [3.8, 4) is 11.5 Å². The number of benzene rings is 2. The SMILES string of the molecule is O=C(Cl)C(Br)Cc1cc(Oc2c(Cl)cc(C(F)(F)F)cc2Cl)ccc1Cl. The molecule has 0 saturated carbocycles. The first-order chi connectivity index (χ1) is 12.0. The smallest absolute Gasteiger partial charge is 0.416 e. The van der Waals surface area contributed by atoms with Crippen LogP contribution in [-0.2, 0) is 17.4 Å². The van der Waals surface area contributed by atoms with Crippen LogP contribution in [0.1, 0.15) is 11.1 Å². The minimum Gasteiger partial charge on any atom is -0.454 e. The molecule has 0 bridgehead atoms. The number of hydrogen-bond donors (Lipinski definition) is 0. The predicted octanol–water partition coefficient (Wildman–Crippen LogP) is 7.53. The Hall–Kier alpha value is -0.660. The fourth-order valence-corrected chi connectivity index (χ4v) is 3.17. The average molecular weight is 511 g/mol. The highest BCUT2D eigenvalue weighted by Gasteiger charge is 2.32. The summed E-state index contributed by atoms with van der Waals surface area (Å²) < 4.78 is 43.8. The Morgan fingerprint density at radius 1 is 1.08 bits per heavy atom. The third-order valence-electron chi connectivity index (χ3n) is 3.21. The molecule has 0 radical (unpaired) electrons. The van der Waals surface area contributed by atoms with Crippen molar-refractivity contribution in [3.63, 3.8) is 0 Å². The monoisotopic (exact) mass is 508 g/mol. The van der Waals surface area contributed by atoms with Gasteiger partial charge in [0, 0.05) is 5.02 Å². The summed E-state index contributed by atoms with van der Waals surface area (Å²) in [5.74, 6) is 0.105. The highest BCUT2D eigenvalue weighted by atomic mass is 79.9. The van der Waals surface area contributed by atoms with Crippen molar-refractivity contribution in [2.75, 3.05) is 0 Å². The number of ether oxygens (including phenoxy) is 1. The first-order valence-corrected chi connectivity index (χ1v) is 9.27. The van der Waals surface area contributed by atoms with Crippen LogP contribution >= 0.6 is 62.3 Å². The van der Waals surface area contributed by atoms with Gasteiger partial charge in [-0.2, -0.15) is 13.2 Å². The van der Waals surface area contributed by atoms with E-state index in [2.05, 4.69) is 15.9 Å². The van der Waals surface area contributed by atoms with Gasteiger partial charge in [0.15, 0.2) is 5.75 Å². The van der Waals surface area contributed by atoms with Crippen molar-refractivity contribution in [1.82, 2.24) is 0 Å². The summed E-state index contributed by atoms with van der Waals surface area (Å²) in [6.45, 7) is 0. The van der Waals surface area contributed by atoms with Crippen molar-refractivity contribution in [2.24, 2.45) is 0 Å². The number of alkyl halides is 4. The molecular weight excluding hydrogens is 503 g/mol. The van der Waals surface area contributed by atoms with Gasteiger partial charge in [-0.15, -0.1) is 0 Å². The van der Waals surface area contributed by atoms with Gasteiger partial charge in [0.1, 0.15) is 5.75 Å². The zero-order valence-corrected chi connectivity index (χ0v) is 17.1. The van der Waals surface area contributed by atoms with Crippen molar-refractivity contribution in [1.29, 1.82) is 0 Å². The molecule has 1 atom stereocenters. The number of rotatable bonds is 5. The Balaban J connectivity index is 2.33. The quantitative estimate of drug-likeness (QED) is 0.307. The van der Waals surface area contributed by atoms with Gasteiger partial charge in [0.05, 0.1) is 20.4 Å². The van der Waals surface area contributed by atoms with E-state index in [0.717, 1.165) is 12.1 Å². The van der Waals surface area contributed by atoms with E-state index in [9.17, 15) is 18.0 Å². The van der Waals surface area contributed by atoms with Gasteiger partial charge < -0.3 is 4.74 Å². The lowest BCUT2D eigenvalue weighted by atomic mass is 10.1. The van der Waals surface area contributed by atoms with Gasteiger partial charge in [-0.3, -0.25) is 4.79 Å². The third kappa shape index (κ3) is 5.42. The van der Waals surface area contributed by atoms with Crippen LogP contribution in [0, 0.1) is 0 Å². The van der Waals surface area contributed by atoms with E-state index in [1.54, 1.807) is 0 Å². The topological polar surface area (TPSA) is 26.3 Å². The minimum atomic E-state index is -4.59. The summed E-state index contributed by atoms with van der Waals surface area (Å²) in [6, 6.07) is 5.96. The van der Waals surface area contributed by atoms with Crippen molar-refractivity contribution in [3.05, 3.63) is 56.5 Å². The van der Waals surface area contributed by atoms with Crippen molar-refractivity contribution < 1.29 is 22.7 Å².